The molecule has 0 spiro atoms. The molecular formula is C19H22FNO3. The monoisotopic (exact) mass is 331 g/mol. The number of halogens is 1. The van der Waals surface area contributed by atoms with E-state index < -0.39 is 0 Å². The maximum absolute atomic E-state index is 13.1. The average molecular weight is 331 g/mol. The Balaban J connectivity index is 1.75. The van der Waals surface area contributed by atoms with E-state index in [0.717, 1.165) is 31.2 Å². The second kappa shape index (κ2) is 7.18. The molecule has 1 aromatic carbocycles. The van der Waals surface area contributed by atoms with Crippen molar-refractivity contribution in [2.75, 3.05) is 13.6 Å². The quantitative estimate of drug-likeness (QED) is 0.929. The minimum atomic E-state index is -0.345. The summed E-state index contributed by atoms with van der Waals surface area (Å²) in [6, 6.07) is 7.69. The molecule has 3 rings (SSSR count). The van der Waals surface area contributed by atoms with Gasteiger partial charge in [0, 0.05) is 25.1 Å². The maximum atomic E-state index is 13.1. The van der Waals surface area contributed by atoms with Crippen molar-refractivity contribution in [1.29, 1.82) is 0 Å². The summed E-state index contributed by atoms with van der Waals surface area (Å²) >= 11 is 0. The first-order valence-electron chi connectivity index (χ1n) is 8.33. The molecule has 4 nitrogen and oxygen atoms in total. The summed E-state index contributed by atoms with van der Waals surface area (Å²) in [4.78, 5) is 14.3. The Bertz CT molecular complexity index is 695. The first-order chi connectivity index (χ1) is 11.6. The van der Waals surface area contributed by atoms with Crippen molar-refractivity contribution in [2.24, 2.45) is 5.92 Å². The second-order valence-corrected chi connectivity index (χ2v) is 6.47. The number of aliphatic hydroxyl groups excluding tert-OH is 1. The van der Waals surface area contributed by atoms with Gasteiger partial charge in [0.2, 0.25) is 0 Å². The summed E-state index contributed by atoms with van der Waals surface area (Å²) in [5.41, 5.74) is 1.38. The van der Waals surface area contributed by atoms with Crippen LogP contribution in [0.4, 0.5) is 4.39 Å². The Morgan fingerprint density at radius 2 is 1.96 bits per heavy atom. The predicted octanol–water partition coefficient (Wildman–Crippen LogP) is 3.71. The van der Waals surface area contributed by atoms with Crippen LogP contribution in [0.3, 0.4) is 0 Å². The van der Waals surface area contributed by atoms with E-state index in [4.69, 9.17) is 4.42 Å². The summed E-state index contributed by atoms with van der Waals surface area (Å²) in [5, 5.41) is 10.1. The lowest BCUT2D eigenvalue weighted by Crippen LogP contribution is -2.38. The van der Waals surface area contributed by atoms with Crippen LogP contribution in [0.1, 0.15) is 36.2 Å². The Morgan fingerprint density at radius 1 is 1.25 bits per heavy atom. The van der Waals surface area contributed by atoms with Gasteiger partial charge in [0.05, 0.1) is 12.4 Å². The van der Waals surface area contributed by atoms with E-state index in [2.05, 4.69) is 0 Å². The fraction of sp³-hybridized carbons (Fsp3) is 0.421. The standard InChI is InChI=1S/C19H22FNO3/c1-21(12-14-4-2-3-5-17(14)22)19(23)18-16(10-11-24-18)13-6-8-15(20)9-7-13/h6-11,14,17,22H,2-5,12H2,1H3. The van der Waals surface area contributed by atoms with Gasteiger partial charge in [-0.1, -0.05) is 25.0 Å². The van der Waals surface area contributed by atoms with Gasteiger partial charge in [-0.15, -0.1) is 0 Å². The third-order valence-corrected chi connectivity index (χ3v) is 4.74. The van der Waals surface area contributed by atoms with Crippen molar-refractivity contribution in [1.82, 2.24) is 4.90 Å². The number of carbonyl (C=O) groups is 1. The van der Waals surface area contributed by atoms with Crippen LogP contribution in [0.5, 0.6) is 0 Å². The molecule has 1 aliphatic carbocycles. The molecule has 1 saturated carbocycles. The molecule has 0 aliphatic heterocycles. The Hall–Kier alpha value is -2.14. The van der Waals surface area contributed by atoms with E-state index in [-0.39, 0.29) is 29.5 Å². The molecule has 1 N–H and O–H groups in total. The highest BCUT2D eigenvalue weighted by Gasteiger charge is 2.28. The average Bonchev–Trinajstić information content (AvgIpc) is 3.06. The van der Waals surface area contributed by atoms with Gasteiger partial charge in [-0.05, 0) is 36.6 Å². The molecule has 5 heteroatoms. The molecule has 2 aromatic rings. The van der Waals surface area contributed by atoms with E-state index in [0.29, 0.717) is 12.1 Å². The zero-order valence-electron chi connectivity index (χ0n) is 13.7. The molecule has 1 fully saturated rings. The van der Waals surface area contributed by atoms with Crippen LogP contribution in [0.25, 0.3) is 11.1 Å². The number of hydrogen-bond acceptors (Lipinski definition) is 3. The molecule has 0 bridgehead atoms. The van der Waals surface area contributed by atoms with Crippen molar-refractivity contribution in [3.8, 4) is 11.1 Å². The van der Waals surface area contributed by atoms with Gasteiger partial charge in [0.25, 0.3) is 5.91 Å². The fourth-order valence-corrected chi connectivity index (χ4v) is 3.34. The smallest absolute Gasteiger partial charge is 0.289 e. The third kappa shape index (κ3) is 3.51. The highest BCUT2D eigenvalue weighted by molar-refractivity contribution is 5.98. The second-order valence-electron chi connectivity index (χ2n) is 6.47. The molecular weight excluding hydrogens is 309 g/mol. The molecule has 1 amide bonds. The van der Waals surface area contributed by atoms with Crippen LogP contribution in [0, 0.1) is 11.7 Å². The summed E-state index contributed by atoms with van der Waals surface area (Å²) < 4.78 is 18.5. The molecule has 24 heavy (non-hydrogen) atoms. The zero-order valence-corrected chi connectivity index (χ0v) is 13.7. The summed E-state index contributed by atoms with van der Waals surface area (Å²) in [6.45, 7) is 0.504. The molecule has 0 radical (unpaired) electrons. The molecule has 2 unspecified atom stereocenters. The summed E-state index contributed by atoms with van der Waals surface area (Å²) in [6.07, 6.45) is 4.99. The molecule has 1 aromatic heterocycles. The number of aliphatic hydroxyl groups is 1. The number of benzene rings is 1. The van der Waals surface area contributed by atoms with Crippen molar-refractivity contribution in [3.05, 3.63) is 48.2 Å². The minimum absolute atomic E-state index is 0.108. The Morgan fingerprint density at radius 3 is 2.67 bits per heavy atom. The van der Waals surface area contributed by atoms with Crippen molar-refractivity contribution >= 4 is 5.91 Å². The first-order valence-corrected chi connectivity index (χ1v) is 8.33. The third-order valence-electron chi connectivity index (χ3n) is 4.74. The van der Waals surface area contributed by atoms with E-state index in [1.807, 2.05) is 0 Å². The lowest BCUT2D eigenvalue weighted by molar-refractivity contribution is 0.0438. The predicted molar refractivity (Wildman–Crippen MR) is 89.0 cm³/mol. The molecule has 1 aliphatic rings. The van der Waals surface area contributed by atoms with Crippen molar-refractivity contribution in [3.63, 3.8) is 0 Å². The number of furan rings is 1. The normalized spacial score (nSPS) is 20.8. The molecule has 2 atom stereocenters. The van der Waals surface area contributed by atoms with E-state index >= 15 is 0 Å². The van der Waals surface area contributed by atoms with Gasteiger partial charge in [0.1, 0.15) is 5.82 Å². The maximum Gasteiger partial charge on any atom is 0.289 e. The number of amides is 1. The van der Waals surface area contributed by atoms with Gasteiger partial charge < -0.3 is 14.4 Å². The topological polar surface area (TPSA) is 53.7 Å². The number of hydrogen-bond donors (Lipinski definition) is 1. The van der Waals surface area contributed by atoms with Gasteiger partial charge in [-0.25, -0.2) is 4.39 Å². The van der Waals surface area contributed by atoms with Gasteiger partial charge in [-0.2, -0.15) is 0 Å². The van der Waals surface area contributed by atoms with E-state index in [9.17, 15) is 14.3 Å². The number of nitrogens with zero attached hydrogens (tertiary/aromatic N) is 1. The molecule has 1 heterocycles. The van der Waals surface area contributed by atoms with Gasteiger partial charge >= 0.3 is 0 Å². The number of rotatable bonds is 4. The van der Waals surface area contributed by atoms with Crippen LogP contribution in [0.2, 0.25) is 0 Å². The van der Waals surface area contributed by atoms with E-state index in [1.165, 1.54) is 18.4 Å². The van der Waals surface area contributed by atoms with Crippen LogP contribution < -0.4 is 0 Å². The van der Waals surface area contributed by atoms with Crippen LogP contribution in [-0.2, 0) is 0 Å². The van der Waals surface area contributed by atoms with Crippen LogP contribution in [0.15, 0.2) is 41.0 Å². The molecule has 128 valence electrons. The summed E-state index contributed by atoms with van der Waals surface area (Å²) in [5.74, 6) is -0.193. The number of carbonyl (C=O) groups excluding carboxylic acids is 1. The van der Waals surface area contributed by atoms with Crippen LogP contribution in [-0.4, -0.2) is 35.6 Å². The zero-order chi connectivity index (χ0) is 17.1. The van der Waals surface area contributed by atoms with Gasteiger partial charge in [0.15, 0.2) is 5.76 Å². The van der Waals surface area contributed by atoms with E-state index in [1.54, 1.807) is 30.1 Å². The van der Waals surface area contributed by atoms with Gasteiger partial charge in [-0.3, -0.25) is 4.79 Å². The minimum Gasteiger partial charge on any atom is -0.459 e. The first kappa shape index (κ1) is 16.7. The fourth-order valence-electron chi connectivity index (χ4n) is 3.34. The van der Waals surface area contributed by atoms with Crippen molar-refractivity contribution < 1.29 is 18.7 Å². The Labute approximate surface area is 140 Å². The lowest BCUT2D eigenvalue weighted by Gasteiger charge is -2.31. The lowest BCUT2D eigenvalue weighted by atomic mass is 9.86. The van der Waals surface area contributed by atoms with Crippen LogP contribution >= 0.6 is 0 Å². The highest BCUT2D eigenvalue weighted by Crippen LogP contribution is 2.28. The Kier molecular flexibility index (Phi) is 5.00. The largest absolute Gasteiger partial charge is 0.459 e. The molecule has 0 saturated heterocycles. The summed E-state index contributed by atoms with van der Waals surface area (Å²) in [7, 11) is 1.72. The SMILES string of the molecule is CN(CC1CCCCC1O)C(=O)c1occc1-c1ccc(F)cc1. The highest BCUT2D eigenvalue weighted by atomic mass is 19.1. The van der Waals surface area contributed by atoms with Crippen molar-refractivity contribution in [2.45, 2.75) is 31.8 Å².